The number of benzene rings is 4. The van der Waals surface area contributed by atoms with Crippen LogP contribution in [0.4, 0.5) is 22.7 Å². The highest BCUT2D eigenvalue weighted by Crippen LogP contribution is 2.47. The Morgan fingerprint density at radius 2 is 0.663 bits per heavy atom. The number of hydrogen-bond acceptors (Lipinski definition) is 10. The minimum atomic E-state index is -0.830. The number of nitrogens with one attached hydrogen (secondary N) is 6. The van der Waals surface area contributed by atoms with Gasteiger partial charge in [0.05, 0.1) is 45.5 Å². The summed E-state index contributed by atoms with van der Waals surface area (Å²) in [6.07, 6.45) is 1.61. The van der Waals surface area contributed by atoms with E-state index in [4.69, 9.17) is 28.9 Å². The minimum absolute atomic E-state index is 0.262. The smallest absolute Gasteiger partial charge is 0.253 e. The van der Waals surface area contributed by atoms with Crippen LogP contribution in [0.3, 0.4) is 0 Å². The zero-order valence-corrected chi connectivity index (χ0v) is 57.3. The lowest BCUT2D eigenvalue weighted by molar-refractivity contribution is -0.125. The summed E-state index contributed by atoms with van der Waals surface area (Å²) in [7, 11) is 5.94. The molecule has 7 aromatic rings. The molecule has 2 aliphatic heterocycles. The van der Waals surface area contributed by atoms with Crippen molar-refractivity contribution in [1.29, 1.82) is 0 Å². The second-order valence-corrected chi connectivity index (χ2v) is 28.3. The first-order valence-corrected chi connectivity index (χ1v) is 31.6. The number of hydrogen-bond donors (Lipinski definition) is 6. The molecule has 0 saturated heterocycles. The maximum atomic E-state index is 14.2. The summed E-state index contributed by atoms with van der Waals surface area (Å²) in [4.78, 5) is 76.0. The van der Waals surface area contributed by atoms with Gasteiger partial charge in [-0.3, -0.25) is 24.2 Å². The van der Waals surface area contributed by atoms with E-state index in [1.165, 1.54) is 28.4 Å². The van der Waals surface area contributed by atoms with E-state index >= 15 is 0 Å². The Balaban J connectivity index is 1.57. The summed E-state index contributed by atoms with van der Waals surface area (Å²) in [6, 6.07) is 32.6. The van der Waals surface area contributed by atoms with E-state index in [0.29, 0.717) is 91.5 Å². The van der Waals surface area contributed by atoms with Crippen LogP contribution in [0.5, 0.6) is 0 Å². The van der Waals surface area contributed by atoms with E-state index in [1.54, 1.807) is 39.8 Å². The van der Waals surface area contributed by atoms with Crippen molar-refractivity contribution >= 4 is 80.6 Å². The zero-order valence-electron chi connectivity index (χ0n) is 57.3. The van der Waals surface area contributed by atoms with Crippen molar-refractivity contribution in [3.63, 3.8) is 0 Å². The third-order valence-electron chi connectivity index (χ3n) is 17.5. The quantitative estimate of drug-likeness (QED) is 0.0539. The predicted octanol–water partition coefficient (Wildman–Crippen LogP) is 16.0. The highest BCUT2D eigenvalue weighted by molar-refractivity contribution is 6.11. The standard InChI is InChI=1S/C76H92N8O8/c1-41(89-17)69(85)81-51-23-21-24-52(82-70(86)42(2)90-18)65(51)67-59-31-27-55(77-59)63(45-35-47(73(5,6)7)39-48(36-45)74(8,9)10)57-29-33-61(79-57)68(66-53(83-71(87)43(3)91-19)25-22-26-54(66)84-72(88)44(4)92-20)62-34-30-58(80-62)64(56-28-32-60(67)78-56)46-37-49(75(11,12)13)40-50(38-46)76(14,15)16/h21-29,31-33,35-44,78-79H,30,34H2,1-20H3,(H,81,85)(H,82,86)(H,83,87)(H,84,88)/t41-,42+,43-,44+. The Morgan fingerprint density at radius 3 is 1.00 bits per heavy atom. The average molecular weight is 1250 g/mol. The SMILES string of the molecule is CO[C@@H](C)C(=O)Nc1cccc(NC(=O)[C@@H](C)OC)c1-c1c2nc(c(-c3cc(C(C)(C)C)cc(C(C)(C)C)c3)c3ccc([nH]3)c(-c3c(NC(=O)[C@H](C)OC)cccc3NC(=O)[C@@H](C)OC)c3nc(c(-c4cc(C(C)(C)C)cc(C(C)(C)C)c4)c4ccc1[nH]4)CC3)C=C2. The van der Waals surface area contributed by atoms with Gasteiger partial charge in [0.15, 0.2) is 0 Å². The number of nitrogens with zero attached hydrogens (tertiary/aromatic N) is 2. The summed E-state index contributed by atoms with van der Waals surface area (Å²) in [6.45, 7) is 33.3. The normalized spacial score (nSPS) is 14.1. The van der Waals surface area contributed by atoms with Crippen molar-refractivity contribution in [2.75, 3.05) is 49.7 Å². The molecular formula is C76H92N8O8. The van der Waals surface area contributed by atoms with Gasteiger partial charge in [0.2, 0.25) is 0 Å². The highest BCUT2D eigenvalue weighted by atomic mass is 16.5. The Bertz CT molecular complexity index is 4070. The number of carbonyl (C=O) groups is 4. The Labute approximate surface area is 542 Å². The molecule has 16 heteroatoms. The molecule has 484 valence electrons. The number of fused-ring (bicyclic) bond motifs is 8. The molecule has 92 heavy (non-hydrogen) atoms. The molecule has 4 amide bonds. The molecule has 4 atom stereocenters. The first-order valence-electron chi connectivity index (χ1n) is 31.6. The summed E-state index contributed by atoms with van der Waals surface area (Å²) >= 11 is 0. The van der Waals surface area contributed by atoms with Crippen molar-refractivity contribution in [2.24, 2.45) is 0 Å². The molecule has 5 heterocycles. The molecule has 16 nitrogen and oxygen atoms in total. The van der Waals surface area contributed by atoms with Crippen molar-refractivity contribution in [2.45, 2.75) is 170 Å². The largest absolute Gasteiger partial charge is 0.372 e. The predicted molar refractivity (Wildman–Crippen MR) is 374 cm³/mol. The van der Waals surface area contributed by atoms with Gasteiger partial charge in [0.1, 0.15) is 24.4 Å². The summed E-state index contributed by atoms with van der Waals surface area (Å²) < 4.78 is 22.3. The molecule has 0 radical (unpaired) electrons. The Kier molecular flexibility index (Phi) is 19.6. The van der Waals surface area contributed by atoms with Gasteiger partial charge in [-0.1, -0.05) is 132 Å². The van der Waals surface area contributed by atoms with Crippen LogP contribution in [-0.2, 0) is 72.6 Å². The Hall–Kier alpha value is -8.54. The molecule has 9 rings (SSSR count). The van der Waals surface area contributed by atoms with Crippen molar-refractivity contribution in [3.8, 4) is 44.5 Å². The number of methoxy groups -OCH3 is 4. The molecule has 0 unspecified atom stereocenters. The van der Waals surface area contributed by atoms with Gasteiger partial charge in [-0.15, -0.1) is 0 Å². The van der Waals surface area contributed by atoms with Gasteiger partial charge in [-0.05, 0) is 156 Å². The number of H-pyrrole nitrogens is 2. The van der Waals surface area contributed by atoms with Crippen LogP contribution in [-0.4, -0.2) is 96.4 Å². The Morgan fingerprint density at radius 1 is 0.380 bits per heavy atom. The molecule has 0 spiro atoms. The van der Waals surface area contributed by atoms with E-state index in [-0.39, 0.29) is 33.5 Å². The van der Waals surface area contributed by atoms with Crippen molar-refractivity contribution in [3.05, 3.63) is 142 Å². The van der Waals surface area contributed by atoms with E-state index < -0.39 is 36.2 Å². The second kappa shape index (κ2) is 26.6. The number of aromatic amines is 2. The maximum absolute atomic E-state index is 14.2. The topological polar surface area (TPSA) is 211 Å². The van der Waals surface area contributed by atoms with Crippen LogP contribution < -0.4 is 21.3 Å². The van der Waals surface area contributed by atoms with Gasteiger partial charge in [-0.25, -0.2) is 4.98 Å². The summed E-state index contributed by atoms with van der Waals surface area (Å²) in [5.41, 5.74) is 16.1. The number of aryl methyl sites for hydroxylation is 2. The lowest BCUT2D eigenvalue weighted by Crippen LogP contribution is -2.28. The van der Waals surface area contributed by atoms with Crippen LogP contribution in [0.15, 0.2) is 97.1 Å². The molecule has 2 aliphatic rings. The fraction of sp³-hybridized carbons (Fsp3) is 0.395. The lowest BCUT2D eigenvalue weighted by Gasteiger charge is -2.26. The summed E-state index contributed by atoms with van der Waals surface area (Å²) in [5.74, 6) is -1.57. The molecule has 0 aliphatic carbocycles. The van der Waals surface area contributed by atoms with Crippen LogP contribution in [0.2, 0.25) is 0 Å². The van der Waals surface area contributed by atoms with Gasteiger partial charge in [0, 0.05) is 83.9 Å². The van der Waals surface area contributed by atoms with Gasteiger partial charge in [-0.2, -0.15) is 0 Å². The average Bonchev–Trinajstić information content (AvgIpc) is 1.55. The molecule has 8 bridgehead atoms. The fourth-order valence-electron chi connectivity index (χ4n) is 11.3. The monoisotopic (exact) mass is 1240 g/mol. The van der Waals surface area contributed by atoms with E-state index in [9.17, 15) is 19.2 Å². The molecule has 3 aromatic heterocycles. The highest BCUT2D eigenvalue weighted by Gasteiger charge is 2.31. The number of anilines is 4. The number of aromatic nitrogens is 4. The van der Waals surface area contributed by atoms with Crippen molar-refractivity contribution < 1.29 is 38.1 Å². The van der Waals surface area contributed by atoms with Gasteiger partial charge >= 0.3 is 0 Å². The first kappa shape index (κ1) is 67.8. The van der Waals surface area contributed by atoms with E-state index in [1.807, 2.05) is 48.6 Å². The van der Waals surface area contributed by atoms with Crippen LogP contribution in [0, 0.1) is 0 Å². The van der Waals surface area contributed by atoms with E-state index in [2.05, 4.69) is 163 Å². The maximum Gasteiger partial charge on any atom is 0.253 e. The zero-order chi connectivity index (χ0) is 67.1. The molecule has 6 N–H and O–H groups in total. The van der Waals surface area contributed by atoms with Crippen LogP contribution in [0.1, 0.15) is 156 Å². The minimum Gasteiger partial charge on any atom is -0.372 e. The second-order valence-electron chi connectivity index (χ2n) is 28.3. The number of amides is 4. The van der Waals surface area contributed by atoms with E-state index in [0.717, 1.165) is 55.7 Å². The van der Waals surface area contributed by atoms with Gasteiger partial charge in [0.25, 0.3) is 23.6 Å². The number of rotatable bonds is 16. The lowest BCUT2D eigenvalue weighted by atomic mass is 9.78. The summed E-state index contributed by atoms with van der Waals surface area (Å²) in [5, 5.41) is 12.7. The molecular weight excluding hydrogens is 1150 g/mol. The third kappa shape index (κ3) is 14.4. The third-order valence-corrected chi connectivity index (χ3v) is 17.5. The number of carbonyl (C=O) groups excluding carboxylic acids is 4. The van der Waals surface area contributed by atoms with Crippen LogP contribution >= 0.6 is 0 Å². The van der Waals surface area contributed by atoms with Gasteiger partial charge < -0.3 is 50.2 Å². The van der Waals surface area contributed by atoms with Crippen molar-refractivity contribution in [1.82, 2.24) is 19.9 Å². The molecule has 0 saturated carbocycles. The number of ether oxygens (including phenoxy) is 4. The van der Waals surface area contributed by atoms with Crippen LogP contribution in [0.25, 0.3) is 78.7 Å². The first-order chi connectivity index (χ1) is 43.2. The fourth-order valence-corrected chi connectivity index (χ4v) is 11.3. The molecule has 0 fully saturated rings. The molecule has 4 aromatic carbocycles.